The lowest BCUT2D eigenvalue weighted by Crippen LogP contribution is -2.23. The number of fused-ring (bicyclic) bond motifs is 1. The Labute approximate surface area is 173 Å². The standard InChI is InChI=1S/C23H21N5O2/c1-15-10-16(2)12-18(11-15)26-23(30)21-27-20(19-7-3-4-9-28(19)21)22(29)25-14-17-6-5-8-24-13-17/h3-13H,14H2,1-2H3,(H,25,29)(H,26,30). The summed E-state index contributed by atoms with van der Waals surface area (Å²) in [5.41, 5.74) is 4.43. The molecule has 1 aromatic carbocycles. The first-order chi connectivity index (χ1) is 14.5. The molecule has 7 nitrogen and oxygen atoms in total. The third-order valence-electron chi connectivity index (χ3n) is 4.62. The van der Waals surface area contributed by atoms with Crippen LogP contribution in [0.4, 0.5) is 5.69 Å². The quantitative estimate of drug-likeness (QED) is 0.537. The highest BCUT2D eigenvalue weighted by atomic mass is 16.2. The number of imidazole rings is 1. The van der Waals surface area contributed by atoms with Gasteiger partial charge >= 0.3 is 0 Å². The highest BCUT2D eigenvalue weighted by molar-refractivity contribution is 6.06. The van der Waals surface area contributed by atoms with Gasteiger partial charge in [0.1, 0.15) is 0 Å². The third kappa shape index (κ3) is 4.05. The average molecular weight is 399 g/mol. The molecule has 0 aliphatic rings. The van der Waals surface area contributed by atoms with Crippen LogP contribution in [-0.2, 0) is 6.54 Å². The molecule has 0 spiro atoms. The highest BCUT2D eigenvalue weighted by Crippen LogP contribution is 2.17. The minimum absolute atomic E-state index is 0.149. The summed E-state index contributed by atoms with van der Waals surface area (Å²) in [7, 11) is 0. The minimum Gasteiger partial charge on any atom is -0.346 e. The summed E-state index contributed by atoms with van der Waals surface area (Å²) in [4.78, 5) is 34.1. The molecule has 0 aliphatic heterocycles. The van der Waals surface area contributed by atoms with Crippen molar-refractivity contribution in [3.05, 3.63) is 95.3 Å². The summed E-state index contributed by atoms with van der Waals surface area (Å²) in [5, 5.41) is 5.72. The molecule has 0 saturated carbocycles. The number of pyridine rings is 2. The summed E-state index contributed by atoms with van der Waals surface area (Å²) in [6, 6.07) is 14.9. The van der Waals surface area contributed by atoms with Gasteiger partial charge in [0, 0.05) is 30.8 Å². The molecule has 0 bridgehead atoms. The van der Waals surface area contributed by atoms with E-state index in [0.29, 0.717) is 17.7 Å². The Morgan fingerprint density at radius 1 is 1.00 bits per heavy atom. The molecule has 0 aliphatic carbocycles. The lowest BCUT2D eigenvalue weighted by Gasteiger charge is -2.07. The van der Waals surface area contributed by atoms with E-state index >= 15 is 0 Å². The van der Waals surface area contributed by atoms with Gasteiger partial charge < -0.3 is 10.6 Å². The van der Waals surface area contributed by atoms with Gasteiger partial charge in [0.05, 0.1) is 5.52 Å². The summed E-state index contributed by atoms with van der Waals surface area (Å²) < 4.78 is 1.62. The van der Waals surface area contributed by atoms with Crippen LogP contribution >= 0.6 is 0 Å². The van der Waals surface area contributed by atoms with Crippen LogP contribution in [0.5, 0.6) is 0 Å². The molecule has 0 fully saturated rings. The maximum absolute atomic E-state index is 12.9. The van der Waals surface area contributed by atoms with E-state index in [9.17, 15) is 9.59 Å². The number of nitrogens with zero attached hydrogens (tertiary/aromatic N) is 3. The van der Waals surface area contributed by atoms with Crippen LogP contribution in [0.2, 0.25) is 0 Å². The van der Waals surface area contributed by atoms with Crippen molar-refractivity contribution in [2.24, 2.45) is 0 Å². The number of hydrogen-bond donors (Lipinski definition) is 2. The van der Waals surface area contributed by atoms with Crippen LogP contribution in [0.15, 0.2) is 67.1 Å². The maximum Gasteiger partial charge on any atom is 0.292 e. The van der Waals surface area contributed by atoms with Crippen molar-refractivity contribution in [1.82, 2.24) is 19.7 Å². The van der Waals surface area contributed by atoms with Crippen LogP contribution in [0.1, 0.15) is 37.8 Å². The third-order valence-corrected chi connectivity index (χ3v) is 4.62. The zero-order chi connectivity index (χ0) is 21.1. The van der Waals surface area contributed by atoms with Gasteiger partial charge in [0.15, 0.2) is 5.69 Å². The van der Waals surface area contributed by atoms with E-state index in [1.54, 1.807) is 41.2 Å². The van der Waals surface area contributed by atoms with Gasteiger partial charge in [-0.15, -0.1) is 0 Å². The predicted molar refractivity (Wildman–Crippen MR) is 114 cm³/mol. The summed E-state index contributed by atoms with van der Waals surface area (Å²) in [5.74, 6) is -0.586. The molecule has 150 valence electrons. The van der Waals surface area contributed by atoms with Crippen molar-refractivity contribution in [3.8, 4) is 0 Å². The van der Waals surface area contributed by atoms with Crippen molar-refractivity contribution in [1.29, 1.82) is 0 Å². The van der Waals surface area contributed by atoms with E-state index in [4.69, 9.17) is 0 Å². The largest absolute Gasteiger partial charge is 0.346 e. The Morgan fingerprint density at radius 3 is 2.53 bits per heavy atom. The van der Waals surface area contributed by atoms with Crippen molar-refractivity contribution in [2.45, 2.75) is 20.4 Å². The first-order valence-electron chi connectivity index (χ1n) is 9.55. The number of aromatic nitrogens is 3. The molecule has 3 heterocycles. The molecule has 2 amide bonds. The molecule has 30 heavy (non-hydrogen) atoms. The summed E-state index contributed by atoms with van der Waals surface area (Å²) in [6.45, 7) is 4.26. The fourth-order valence-corrected chi connectivity index (χ4v) is 3.37. The topological polar surface area (TPSA) is 88.4 Å². The van der Waals surface area contributed by atoms with Crippen molar-refractivity contribution < 1.29 is 9.59 Å². The van der Waals surface area contributed by atoms with E-state index in [1.165, 1.54) is 0 Å². The number of carbonyl (C=O) groups is 2. The number of carbonyl (C=O) groups excluding carboxylic acids is 2. The van der Waals surface area contributed by atoms with Crippen LogP contribution in [-0.4, -0.2) is 26.2 Å². The lowest BCUT2D eigenvalue weighted by atomic mass is 10.1. The molecule has 0 radical (unpaired) electrons. The minimum atomic E-state index is -0.382. The van der Waals surface area contributed by atoms with Crippen LogP contribution < -0.4 is 10.6 Å². The number of rotatable bonds is 5. The van der Waals surface area contributed by atoms with Gasteiger partial charge in [0.2, 0.25) is 5.82 Å². The first kappa shape index (κ1) is 19.3. The van der Waals surface area contributed by atoms with E-state index in [2.05, 4.69) is 20.6 Å². The monoisotopic (exact) mass is 399 g/mol. The van der Waals surface area contributed by atoms with Gasteiger partial charge in [-0.05, 0) is 60.9 Å². The molecule has 4 aromatic rings. The number of amides is 2. The molecular weight excluding hydrogens is 378 g/mol. The van der Waals surface area contributed by atoms with Crippen molar-refractivity contribution >= 4 is 23.0 Å². The zero-order valence-corrected chi connectivity index (χ0v) is 16.7. The van der Waals surface area contributed by atoms with E-state index in [1.807, 2.05) is 44.2 Å². The van der Waals surface area contributed by atoms with Gasteiger partial charge in [-0.2, -0.15) is 0 Å². The molecule has 0 unspecified atom stereocenters. The van der Waals surface area contributed by atoms with Crippen LogP contribution in [0.3, 0.4) is 0 Å². The SMILES string of the molecule is Cc1cc(C)cc(NC(=O)c2nc(C(=O)NCc3cccnc3)c3ccccn23)c1. The van der Waals surface area contributed by atoms with Crippen molar-refractivity contribution in [3.63, 3.8) is 0 Å². The average Bonchev–Trinajstić information content (AvgIpc) is 3.12. The van der Waals surface area contributed by atoms with Gasteiger partial charge in [-0.25, -0.2) is 4.98 Å². The molecule has 0 saturated heterocycles. The number of hydrogen-bond acceptors (Lipinski definition) is 4. The van der Waals surface area contributed by atoms with E-state index in [-0.39, 0.29) is 23.3 Å². The Morgan fingerprint density at radius 2 is 1.80 bits per heavy atom. The van der Waals surface area contributed by atoms with E-state index < -0.39 is 0 Å². The molecular formula is C23H21N5O2. The highest BCUT2D eigenvalue weighted by Gasteiger charge is 2.21. The maximum atomic E-state index is 12.9. The number of benzene rings is 1. The smallest absolute Gasteiger partial charge is 0.292 e. The number of aryl methyl sites for hydroxylation is 2. The molecule has 0 atom stereocenters. The van der Waals surface area contributed by atoms with Crippen LogP contribution in [0, 0.1) is 13.8 Å². The Bertz CT molecular complexity index is 1210. The molecule has 7 heteroatoms. The number of nitrogens with one attached hydrogen (secondary N) is 2. The second-order valence-corrected chi connectivity index (χ2v) is 7.11. The Hall–Kier alpha value is -4.00. The zero-order valence-electron chi connectivity index (χ0n) is 16.7. The predicted octanol–water partition coefficient (Wildman–Crippen LogP) is 3.53. The lowest BCUT2D eigenvalue weighted by molar-refractivity contribution is 0.0948. The summed E-state index contributed by atoms with van der Waals surface area (Å²) >= 11 is 0. The van der Waals surface area contributed by atoms with E-state index in [0.717, 1.165) is 16.7 Å². The summed E-state index contributed by atoms with van der Waals surface area (Å²) in [6.07, 6.45) is 5.08. The normalized spacial score (nSPS) is 10.7. The van der Waals surface area contributed by atoms with Gasteiger partial charge in [-0.3, -0.25) is 19.0 Å². The molecule has 3 aromatic heterocycles. The van der Waals surface area contributed by atoms with Gasteiger partial charge in [-0.1, -0.05) is 18.2 Å². The molecule has 4 rings (SSSR count). The first-order valence-corrected chi connectivity index (χ1v) is 9.55. The second kappa shape index (κ2) is 8.16. The fraction of sp³-hybridized carbons (Fsp3) is 0.130. The molecule has 2 N–H and O–H groups in total. The Kier molecular flexibility index (Phi) is 5.26. The second-order valence-electron chi connectivity index (χ2n) is 7.11. The Balaban J connectivity index is 1.61. The fourth-order valence-electron chi connectivity index (χ4n) is 3.37. The van der Waals surface area contributed by atoms with Crippen LogP contribution in [0.25, 0.3) is 5.52 Å². The van der Waals surface area contributed by atoms with Crippen molar-refractivity contribution in [2.75, 3.05) is 5.32 Å². The van der Waals surface area contributed by atoms with Gasteiger partial charge in [0.25, 0.3) is 11.8 Å². The number of anilines is 1.